The van der Waals surface area contributed by atoms with E-state index in [0.29, 0.717) is 19.5 Å². The van der Waals surface area contributed by atoms with Crippen molar-refractivity contribution < 1.29 is 13.5 Å². The van der Waals surface area contributed by atoms with Gasteiger partial charge in [-0.25, -0.2) is 8.42 Å². The molecule has 0 aliphatic heterocycles. The van der Waals surface area contributed by atoms with Gasteiger partial charge in [0.2, 0.25) is 0 Å². The fraction of sp³-hybridized carbons (Fsp3) is 1.00. The van der Waals surface area contributed by atoms with Crippen molar-refractivity contribution in [2.75, 3.05) is 31.6 Å². The lowest BCUT2D eigenvalue weighted by molar-refractivity contribution is 0.0178. The van der Waals surface area contributed by atoms with Crippen molar-refractivity contribution in [3.05, 3.63) is 0 Å². The Morgan fingerprint density at radius 1 is 1.24 bits per heavy atom. The third-order valence-electron chi connectivity index (χ3n) is 3.40. The first kappa shape index (κ1) is 14.9. The van der Waals surface area contributed by atoms with Crippen LogP contribution >= 0.6 is 0 Å². The summed E-state index contributed by atoms with van der Waals surface area (Å²) in [5, 5.41) is 10.2. The Kier molecular flexibility index (Phi) is 5.41. The average Bonchev–Trinajstić information content (AvgIpc) is 2.62. The maximum atomic E-state index is 11.6. The van der Waals surface area contributed by atoms with Gasteiger partial charge in [-0.2, -0.15) is 0 Å². The van der Waals surface area contributed by atoms with Gasteiger partial charge in [0.1, 0.15) is 0 Å². The van der Waals surface area contributed by atoms with Gasteiger partial charge in [-0.05, 0) is 26.3 Å². The van der Waals surface area contributed by atoms with Gasteiger partial charge in [0.05, 0.1) is 11.4 Å². The van der Waals surface area contributed by atoms with Gasteiger partial charge >= 0.3 is 0 Å². The molecular weight excluding hydrogens is 238 g/mol. The smallest absolute Gasteiger partial charge is 0.151 e. The molecule has 0 aromatic carbocycles. The predicted octanol–water partition coefficient (Wildman–Crippen LogP) is 1.05. The Hall–Kier alpha value is -0.130. The first-order valence-electron chi connectivity index (χ1n) is 6.48. The minimum absolute atomic E-state index is 0.202. The van der Waals surface area contributed by atoms with Gasteiger partial charge in [-0.15, -0.1) is 0 Å². The highest BCUT2D eigenvalue weighted by Crippen LogP contribution is 2.29. The van der Waals surface area contributed by atoms with Crippen LogP contribution in [0.2, 0.25) is 0 Å². The summed E-state index contributed by atoms with van der Waals surface area (Å²) in [7, 11) is -1.02. The zero-order valence-corrected chi connectivity index (χ0v) is 11.8. The summed E-state index contributed by atoms with van der Waals surface area (Å²) in [6.07, 6.45) is 4.53. The molecular formula is C12H25NO3S. The summed E-state index contributed by atoms with van der Waals surface area (Å²) >= 11 is 0. The molecule has 1 aliphatic rings. The minimum atomic E-state index is -2.90. The van der Waals surface area contributed by atoms with Crippen molar-refractivity contribution in [2.24, 2.45) is 0 Å². The molecule has 1 N–H and O–H groups in total. The third-order valence-corrected chi connectivity index (χ3v) is 5.23. The second kappa shape index (κ2) is 6.16. The van der Waals surface area contributed by atoms with Crippen LogP contribution in [0.1, 0.15) is 39.0 Å². The van der Waals surface area contributed by atoms with Crippen LogP contribution in [0.4, 0.5) is 0 Å². The second-order valence-electron chi connectivity index (χ2n) is 5.32. The largest absolute Gasteiger partial charge is 0.389 e. The van der Waals surface area contributed by atoms with Crippen molar-refractivity contribution in [2.45, 2.75) is 44.6 Å². The predicted molar refractivity (Wildman–Crippen MR) is 69.9 cm³/mol. The lowest BCUT2D eigenvalue weighted by Crippen LogP contribution is -2.41. The molecule has 0 amide bonds. The Morgan fingerprint density at radius 3 is 2.35 bits per heavy atom. The fourth-order valence-corrected chi connectivity index (χ4v) is 3.90. The van der Waals surface area contributed by atoms with Crippen molar-refractivity contribution >= 4 is 9.84 Å². The molecule has 0 saturated heterocycles. The van der Waals surface area contributed by atoms with Crippen LogP contribution < -0.4 is 0 Å². The maximum absolute atomic E-state index is 11.6. The number of likely N-dealkylation sites (N-methyl/N-ethyl adjacent to an activating group) is 1. The summed E-state index contributed by atoms with van der Waals surface area (Å²) in [6, 6.07) is 0. The summed E-state index contributed by atoms with van der Waals surface area (Å²) in [4.78, 5) is 1.94. The van der Waals surface area contributed by atoms with E-state index in [2.05, 4.69) is 0 Å². The number of hydrogen-bond acceptors (Lipinski definition) is 4. The van der Waals surface area contributed by atoms with Crippen molar-refractivity contribution in [1.82, 2.24) is 4.90 Å². The number of hydrogen-bond donors (Lipinski definition) is 1. The quantitative estimate of drug-likeness (QED) is 0.746. The standard InChI is InChI=1S/C12H25NO3S/c1-3-9-17(15,16)10-8-13(2)11-12(14)6-4-5-7-12/h14H,3-11H2,1-2H3. The molecule has 1 saturated carbocycles. The lowest BCUT2D eigenvalue weighted by atomic mass is 10.0. The van der Waals surface area contributed by atoms with Crippen LogP contribution in [-0.4, -0.2) is 55.7 Å². The van der Waals surface area contributed by atoms with Crippen LogP contribution in [-0.2, 0) is 9.84 Å². The number of rotatable bonds is 7. The molecule has 102 valence electrons. The molecule has 0 spiro atoms. The highest BCUT2D eigenvalue weighted by atomic mass is 32.2. The Morgan fingerprint density at radius 2 is 1.82 bits per heavy atom. The van der Waals surface area contributed by atoms with Gasteiger partial charge < -0.3 is 10.0 Å². The number of sulfone groups is 1. The summed E-state index contributed by atoms with van der Waals surface area (Å²) in [5.74, 6) is 0.471. The van der Waals surface area contributed by atoms with E-state index in [1.807, 2.05) is 18.9 Å². The molecule has 0 atom stereocenters. The normalized spacial score (nSPS) is 20.0. The van der Waals surface area contributed by atoms with Crippen LogP contribution in [0, 0.1) is 0 Å². The van der Waals surface area contributed by atoms with Gasteiger partial charge in [0, 0.05) is 18.8 Å². The Labute approximate surface area is 105 Å². The fourth-order valence-electron chi connectivity index (χ4n) is 2.48. The molecule has 0 unspecified atom stereocenters. The van der Waals surface area contributed by atoms with E-state index < -0.39 is 15.4 Å². The minimum Gasteiger partial charge on any atom is -0.389 e. The molecule has 4 nitrogen and oxygen atoms in total. The molecule has 0 bridgehead atoms. The zero-order valence-electron chi connectivity index (χ0n) is 11.0. The maximum Gasteiger partial charge on any atom is 0.151 e. The molecule has 0 heterocycles. The lowest BCUT2D eigenvalue weighted by Gasteiger charge is -2.28. The van der Waals surface area contributed by atoms with Crippen LogP contribution in [0.25, 0.3) is 0 Å². The molecule has 0 aromatic heterocycles. The van der Waals surface area contributed by atoms with E-state index in [0.717, 1.165) is 25.7 Å². The van der Waals surface area contributed by atoms with E-state index in [1.165, 1.54) is 0 Å². The average molecular weight is 263 g/mol. The molecule has 5 heteroatoms. The highest BCUT2D eigenvalue weighted by Gasteiger charge is 2.32. The van der Waals surface area contributed by atoms with Crippen LogP contribution in [0.3, 0.4) is 0 Å². The van der Waals surface area contributed by atoms with Crippen molar-refractivity contribution in [3.63, 3.8) is 0 Å². The Balaban J connectivity index is 2.32. The molecule has 17 heavy (non-hydrogen) atoms. The summed E-state index contributed by atoms with van der Waals surface area (Å²) < 4.78 is 23.1. The third kappa shape index (κ3) is 5.36. The van der Waals surface area contributed by atoms with E-state index in [4.69, 9.17) is 0 Å². The monoisotopic (exact) mass is 263 g/mol. The van der Waals surface area contributed by atoms with E-state index in [9.17, 15) is 13.5 Å². The van der Waals surface area contributed by atoms with Gasteiger partial charge in [0.25, 0.3) is 0 Å². The van der Waals surface area contributed by atoms with Gasteiger partial charge in [-0.1, -0.05) is 19.8 Å². The summed E-state index contributed by atoms with van der Waals surface area (Å²) in [5.41, 5.74) is -0.580. The first-order valence-corrected chi connectivity index (χ1v) is 8.30. The van der Waals surface area contributed by atoms with E-state index in [1.54, 1.807) is 0 Å². The second-order valence-corrected chi connectivity index (χ2v) is 7.62. The van der Waals surface area contributed by atoms with Crippen molar-refractivity contribution in [1.29, 1.82) is 0 Å². The summed E-state index contributed by atoms with van der Waals surface area (Å²) in [6.45, 7) is 2.99. The van der Waals surface area contributed by atoms with Gasteiger partial charge in [0.15, 0.2) is 9.84 Å². The van der Waals surface area contributed by atoms with Gasteiger partial charge in [-0.3, -0.25) is 0 Å². The molecule has 0 radical (unpaired) electrons. The highest BCUT2D eigenvalue weighted by molar-refractivity contribution is 7.91. The molecule has 1 rings (SSSR count). The first-order chi connectivity index (χ1) is 7.87. The Bertz CT molecular complexity index is 321. The molecule has 1 fully saturated rings. The van der Waals surface area contributed by atoms with E-state index in [-0.39, 0.29) is 11.5 Å². The van der Waals surface area contributed by atoms with E-state index >= 15 is 0 Å². The SMILES string of the molecule is CCCS(=O)(=O)CCN(C)CC1(O)CCCC1. The number of nitrogens with zero attached hydrogens (tertiary/aromatic N) is 1. The van der Waals surface area contributed by atoms with Crippen LogP contribution in [0.5, 0.6) is 0 Å². The van der Waals surface area contributed by atoms with Crippen LogP contribution in [0.15, 0.2) is 0 Å². The van der Waals surface area contributed by atoms with Crippen molar-refractivity contribution in [3.8, 4) is 0 Å². The topological polar surface area (TPSA) is 57.6 Å². The number of aliphatic hydroxyl groups is 1. The molecule has 0 aromatic rings. The zero-order chi connectivity index (χ0) is 12.9. The molecule has 1 aliphatic carbocycles.